The standard InChI is InChI=1S/C19H17F2N3O3/c1-11(25)22-13-3-2-4-15(8-13)24-10-12(7-18(24)26)19(27)23-14-5-6-16(20)17(21)9-14/h2-6,8-9,12H,7,10H2,1H3,(H,22,25)(H,23,27). The number of halogens is 2. The first-order valence-corrected chi connectivity index (χ1v) is 8.27. The summed E-state index contributed by atoms with van der Waals surface area (Å²) in [6.45, 7) is 1.53. The summed E-state index contributed by atoms with van der Waals surface area (Å²) in [6.07, 6.45) is -0.000124. The number of amides is 3. The van der Waals surface area contributed by atoms with Gasteiger partial charge >= 0.3 is 0 Å². The molecule has 0 aliphatic carbocycles. The molecule has 1 unspecified atom stereocenters. The van der Waals surface area contributed by atoms with Gasteiger partial charge in [-0.2, -0.15) is 0 Å². The van der Waals surface area contributed by atoms with Gasteiger partial charge in [0, 0.05) is 43.0 Å². The van der Waals surface area contributed by atoms with Gasteiger partial charge in [-0.15, -0.1) is 0 Å². The summed E-state index contributed by atoms with van der Waals surface area (Å²) in [5, 5.41) is 5.14. The van der Waals surface area contributed by atoms with E-state index < -0.39 is 23.5 Å². The van der Waals surface area contributed by atoms with Crippen LogP contribution in [-0.2, 0) is 14.4 Å². The lowest BCUT2D eigenvalue weighted by Crippen LogP contribution is -2.28. The molecule has 0 spiro atoms. The lowest BCUT2D eigenvalue weighted by Gasteiger charge is -2.18. The third kappa shape index (κ3) is 4.28. The zero-order valence-electron chi connectivity index (χ0n) is 14.5. The lowest BCUT2D eigenvalue weighted by molar-refractivity contribution is -0.122. The van der Waals surface area contributed by atoms with Crippen molar-refractivity contribution in [3.8, 4) is 0 Å². The topological polar surface area (TPSA) is 78.5 Å². The molecule has 27 heavy (non-hydrogen) atoms. The summed E-state index contributed by atoms with van der Waals surface area (Å²) >= 11 is 0. The van der Waals surface area contributed by atoms with E-state index in [-0.39, 0.29) is 30.5 Å². The van der Waals surface area contributed by atoms with Crippen molar-refractivity contribution in [1.29, 1.82) is 0 Å². The van der Waals surface area contributed by atoms with Crippen LogP contribution >= 0.6 is 0 Å². The molecule has 0 aromatic heterocycles. The van der Waals surface area contributed by atoms with Crippen molar-refractivity contribution in [1.82, 2.24) is 0 Å². The van der Waals surface area contributed by atoms with Crippen molar-refractivity contribution >= 4 is 34.8 Å². The van der Waals surface area contributed by atoms with Crippen molar-refractivity contribution in [3.05, 3.63) is 54.1 Å². The Morgan fingerprint density at radius 3 is 2.48 bits per heavy atom. The van der Waals surface area contributed by atoms with E-state index in [4.69, 9.17) is 0 Å². The highest BCUT2D eigenvalue weighted by Crippen LogP contribution is 2.28. The third-order valence-electron chi connectivity index (χ3n) is 4.16. The molecule has 0 radical (unpaired) electrons. The Bertz CT molecular complexity index is 917. The van der Waals surface area contributed by atoms with Gasteiger partial charge in [-0.1, -0.05) is 6.07 Å². The van der Waals surface area contributed by atoms with Crippen molar-refractivity contribution in [3.63, 3.8) is 0 Å². The maximum Gasteiger partial charge on any atom is 0.229 e. The number of benzene rings is 2. The normalized spacial score (nSPS) is 16.3. The van der Waals surface area contributed by atoms with E-state index in [0.717, 1.165) is 12.1 Å². The Hall–Kier alpha value is -3.29. The summed E-state index contributed by atoms with van der Waals surface area (Å²) in [6, 6.07) is 9.81. The van der Waals surface area contributed by atoms with Crippen LogP contribution in [0.15, 0.2) is 42.5 Å². The molecule has 1 aliphatic heterocycles. The van der Waals surface area contributed by atoms with Crippen LogP contribution in [0.2, 0.25) is 0 Å². The average Bonchev–Trinajstić information content (AvgIpc) is 3.00. The zero-order valence-corrected chi connectivity index (χ0v) is 14.5. The van der Waals surface area contributed by atoms with Gasteiger partial charge < -0.3 is 15.5 Å². The smallest absolute Gasteiger partial charge is 0.229 e. The highest BCUT2D eigenvalue weighted by atomic mass is 19.2. The van der Waals surface area contributed by atoms with Gasteiger partial charge in [-0.25, -0.2) is 8.78 Å². The van der Waals surface area contributed by atoms with Crippen LogP contribution in [0.1, 0.15) is 13.3 Å². The van der Waals surface area contributed by atoms with E-state index in [0.29, 0.717) is 11.4 Å². The minimum absolute atomic E-state index is 0.000124. The van der Waals surface area contributed by atoms with Gasteiger partial charge in [0.25, 0.3) is 0 Å². The molecule has 3 rings (SSSR count). The Morgan fingerprint density at radius 2 is 1.78 bits per heavy atom. The Balaban J connectivity index is 1.70. The van der Waals surface area contributed by atoms with E-state index in [2.05, 4.69) is 10.6 Å². The van der Waals surface area contributed by atoms with Gasteiger partial charge in [-0.3, -0.25) is 14.4 Å². The maximum atomic E-state index is 13.3. The first kappa shape index (κ1) is 18.5. The molecule has 1 atom stereocenters. The van der Waals surface area contributed by atoms with Crippen LogP contribution in [-0.4, -0.2) is 24.3 Å². The van der Waals surface area contributed by atoms with Crippen LogP contribution in [0.5, 0.6) is 0 Å². The van der Waals surface area contributed by atoms with Crippen LogP contribution in [0.25, 0.3) is 0 Å². The average molecular weight is 373 g/mol. The van der Waals surface area contributed by atoms with E-state index in [1.54, 1.807) is 24.3 Å². The fourth-order valence-electron chi connectivity index (χ4n) is 2.91. The largest absolute Gasteiger partial charge is 0.326 e. The van der Waals surface area contributed by atoms with Gasteiger partial charge in [0.1, 0.15) is 0 Å². The van der Waals surface area contributed by atoms with Crippen LogP contribution in [0, 0.1) is 17.6 Å². The summed E-state index contributed by atoms with van der Waals surface area (Å²) < 4.78 is 26.2. The molecule has 0 saturated carbocycles. The van der Waals surface area contributed by atoms with Crippen molar-refractivity contribution in [2.45, 2.75) is 13.3 Å². The van der Waals surface area contributed by atoms with E-state index in [9.17, 15) is 23.2 Å². The number of nitrogens with zero attached hydrogens (tertiary/aromatic N) is 1. The van der Waals surface area contributed by atoms with Crippen LogP contribution < -0.4 is 15.5 Å². The third-order valence-corrected chi connectivity index (χ3v) is 4.16. The molecule has 1 heterocycles. The second-order valence-electron chi connectivity index (χ2n) is 6.26. The van der Waals surface area contributed by atoms with E-state index in [1.807, 2.05) is 0 Å². The SMILES string of the molecule is CC(=O)Nc1cccc(N2CC(C(=O)Nc3ccc(F)c(F)c3)CC2=O)c1. The number of rotatable bonds is 4. The highest BCUT2D eigenvalue weighted by molar-refractivity contribution is 6.04. The van der Waals surface area contributed by atoms with Gasteiger partial charge in [-0.05, 0) is 30.3 Å². The molecular weight excluding hydrogens is 356 g/mol. The first-order valence-electron chi connectivity index (χ1n) is 8.27. The molecule has 8 heteroatoms. The minimum Gasteiger partial charge on any atom is -0.326 e. The number of carbonyl (C=O) groups excluding carboxylic acids is 3. The summed E-state index contributed by atoms with van der Waals surface area (Å²) in [5.41, 5.74) is 1.23. The molecule has 3 amide bonds. The number of hydrogen-bond donors (Lipinski definition) is 2. The molecular formula is C19H17F2N3O3. The predicted octanol–water partition coefficient (Wildman–Crippen LogP) is 2.91. The van der Waals surface area contributed by atoms with Gasteiger partial charge in [0.15, 0.2) is 11.6 Å². The summed E-state index contributed by atoms with van der Waals surface area (Å²) in [5.74, 6) is -3.62. The highest BCUT2D eigenvalue weighted by Gasteiger charge is 2.35. The van der Waals surface area contributed by atoms with Crippen LogP contribution in [0.3, 0.4) is 0 Å². The van der Waals surface area contributed by atoms with Gasteiger partial charge in [0.2, 0.25) is 17.7 Å². The molecule has 2 aromatic rings. The predicted molar refractivity (Wildman–Crippen MR) is 96.2 cm³/mol. The summed E-state index contributed by atoms with van der Waals surface area (Å²) in [4.78, 5) is 37.3. The van der Waals surface area contributed by atoms with E-state index >= 15 is 0 Å². The fourth-order valence-corrected chi connectivity index (χ4v) is 2.91. The van der Waals surface area contributed by atoms with Gasteiger partial charge in [0.05, 0.1) is 5.92 Å². The lowest BCUT2D eigenvalue weighted by atomic mass is 10.1. The second kappa shape index (κ2) is 7.53. The van der Waals surface area contributed by atoms with Crippen LogP contribution in [0.4, 0.5) is 25.8 Å². The maximum absolute atomic E-state index is 13.3. The Morgan fingerprint density at radius 1 is 1.04 bits per heavy atom. The number of nitrogens with one attached hydrogen (secondary N) is 2. The zero-order chi connectivity index (χ0) is 19.6. The number of hydrogen-bond acceptors (Lipinski definition) is 3. The first-order chi connectivity index (χ1) is 12.8. The molecule has 1 fully saturated rings. The van der Waals surface area contributed by atoms with Crippen molar-refractivity contribution in [2.75, 3.05) is 22.1 Å². The fraction of sp³-hybridized carbons (Fsp3) is 0.211. The Kier molecular flexibility index (Phi) is 5.16. The number of anilines is 3. The second-order valence-corrected chi connectivity index (χ2v) is 6.26. The molecule has 2 N–H and O–H groups in total. The molecule has 0 bridgehead atoms. The molecule has 1 aliphatic rings. The molecule has 1 saturated heterocycles. The molecule has 2 aromatic carbocycles. The monoisotopic (exact) mass is 373 g/mol. The quantitative estimate of drug-likeness (QED) is 0.865. The molecule has 6 nitrogen and oxygen atoms in total. The van der Waals surface area contributed by atoms with Crippen molar-refractivity contribution < 1.29 is 23.2 Å². The van der Waals surface area contributed by atoms with Crippen molar-refractivity contribution in [2.24, 2.45) is 5.92 Å². The molecule has 140 valence electrons. The summed E-state index contributed by atoms with van der Waals surface area (Å²) in [7, 11) is 0. The van der Waals surface area contributed by atoms with E-state index in [1.165, 1.54) is 17.9 Å². The Labute approximate surface area is 154 Å². The minimum atomic E-state index is -1.06. The number of carbonyl (C=O) groups is 3.